The summed E-state index contributed by atoms with van der Waals surface area (Å²) >= 11 is 0. The van der Waals surface area contributed by atoms with Crippen LogP contribution in [0.2, 0.25) is 0 Å². The van der Waals surface area contributed by atoms with Gasteiger partial charge in [-0.1, -0.05) is 25.5 Å². The van der Waals surface area contributed by atoms with Crippen LogP contribution in [0.1, 0.15) is 72.1 Å². The number of carbonyl (C=O) groups excluding carboxylic acids is 2. The lowest BCUT2D eigenvalue weighted by Gasteiger charge is -2.57. The lowest BCUT2D eigenvalue weighted by Crippen LogP contribution is -2.50. The van der Waals surface area contributed by atoms with Gasteiger partial charge >= 0.3 is 0 Å². The summed E-state index contributed by atoms with van der Waals surface area (Å²) in [5.74, 6) is 1.87. The van der Waals surface area contributed by atoms with Crippen LogP contribution in [0, 0.1) is 34.5 Å². The topological polar surface area (TPSA) is 34.1 Å². The number of rotatable bonds is 1. The Morgan fingerprint density at radius 3 is 2.70 bits per heavy atom. The molecule has 3 saturated carbocycles. The maximum atomic E-state index is 12.6. The van der Waals surface area contributed by atoms with E-state index in [-0.39, 0.29) is 22.9 Å². The molecule has 0 heterocycles. The molecule has 126 valence electrons. The fourth-order valence-corrected chi connectivity index (χ4v) is 7.24. The third-order valence-electron chi connectivity index (χ3n) is 8.27. The fraction of sp³-hybridized carbons (Fsp3) is 0.810. The summed E-state index contributed by atoms with van der Waals surface area (Å²) in [5, 5.41) is 0. The van der Waals surface area contributed by atoms with Crippen molar-refractivity contribution < 1.29 is 9.59 Å². The number of allylic oxidation sites excluding steroid dienone is 2. The summed E-state index contributed by atoms with van der Waals surface area (Å²) in [6.45, 7) is 6.38. The molecule has 23 heavy (non-hydrogen) atoms. The predicted octanol–water partition coefficient (Wildman–Crippen LogP) is 4.72. The minimum Gasteiger partial charge on any atom is -0.299 e. The van der Waals surface area contributed by atoms with Crippen molar-refractivity contribution in [2.24, 2.45) is 34.5 Å². The molecule has 2 nitrogen and oxygen atoms in total. The standard InChI is InChI=1S/C21H30O2/c1-13(22)19-18(23)12-17-15-8-7-14-6-4-5-10-20(14,2)16(15)9-11-21(17,19)3/h6,15-17,19H,4-5,7-12H2,1-3H3/t15-,16+,17+,19+,20+,21+/m1/s1. The van der Waals surface area contributed by atoms with E-state index in [1.54, 1.807) is 12.5 Å². The minimum atomic E-state index is -0.315. The van der Waals surface area contributed by atoms with Crippen LogP contribution in [-0.4, -0.2) is 11.6 Å². The molecular weight excluding hydrogens is 284 g/mol. The van der Waals surface area contributed by atoms with Gasteiger partial charge in [-0.25, -0.2) is 0 Å². The lowest BCUT2D eigenvalue weighted by atomic mass is 9.47. The second-order valence-corrected chi connectivity index (χ2v) is 9.21. The summed E-state index contributed by atoms with van der Waals surface area (Å²) in [5.41, 5.74) is 2.02. The molecule has 4 aliphatic rings. The largest absolute Gasteiger partial charge is 0.299 e. The van der Waals surface area contributed by atoms with Crippen molar-refractivity contribution in [1.82, 2.24) is 0 Å². The molecule has 3 fully saturated rings. The Morgan fingerprint density at radius 2 is 1.96 bits per heavy atom. The van der Waals surface area contributed by atoms with Gasteiger partial charge in [-0.2, -0.15) is 0 Å². The third-order valence-corrected chi connectivity index (χ3v) is 8.27. The van der Waals surface area contributed by atoms with E-state index in [1.807, 2.05) is 0 Å². The maximum Gasteiger partial charge on any atom is 0.144 e. The van der Waals surface area contributed by atoms with Crippen molar-refractivity contribution in [3.8, 4) is 0 Å². The van der Waals surface area contributed by atoms with Gasteiger partial charge in [0.25, 0.3) is 0 Å². The normalized spacial score (nSPS) is 49.0. The van der Waals surface area contributed by atoms with Crippen LogP contribution in [0.4, 0.5) is 0 Å². The van der Waals surface area contributed by atoms with Gasteiger partial charge in [0.05, 0.1) is 5.92 Å². The highest BCUT2D eigenvalue weighted by atomic mass is 16.2. The summed E-state index contributed by atoms with van der Waals surface area (Å²) in [4.78, 5) is 24.7. The zero-order valence-corrected chi connectivity index (χ0v) is 14.9. The minimum absolute atomic E-state index is 0.0592. The van der Waals surface area contributed by atoms with Crippen molar-refractivity contribution >= 4 is 11.6 Å². The first-order valence-electron chi connectivity index (χ1n) is 9.60. The van der Waals surface area contributed by atoms with E-state index in [0.717, 1.165) is 12.3 Å². The molecule has 0 aliphatic heterocycles. The first kappa shape index (κ1) is 15.6. The van der Waals surface area contributed by atoms with E-state index in [1.165, 1.54) is 38.5 Å². The summed E-state index contributed by atoms with van der Waals surface area (Å²) in [7, 11) is 0. The van der Waals surface area contributed by atoms with Crippen LogP contribution in [-0.2, 0) is 9.59 Å². The average Bonchev–Trinajstić information content (AvgIpc) is 2.77. The maximum absolute atomic E-state index is 12.6. The highest BCUT2D eigenvalue weighted by Gasteiger charge is 2.62. The quantitative estimate of drug-likeness (QED) is 0.518. The Balaban J connectivity index is 1.70. The number of hydrogen-bond acceptors (Lipinski definition) is 2. The van der Waals surface area contributed by atoms with Crippen molar-refractivity contribution in [2.45, 2.75) is 72.1 Å². The summed E-state index contributed by atoms with van der Waals surface area (Å²) in [6, 6.07) is 0. The lowest BCUT2D eigenvalue weighted by molar-refractivity contribution is -0.134. The second-order valence-electron chi connectivity index (χ2n) is 9.21. The van der Waals surface area contributed by atoms with E-state index in [0.29, 0.717) is 23.7 Å². The molecule has 6 atom stereocenters. The van der Waals surface area contributed by atoms with Crippen LogP contribution in [0.15, 0.2) is 11.6 Å². The van der Waals surface area contributed by atoms with Crippen LogP contribution in [0.5, 0.6) is 0 Å². The Bertz CT molecular complexity index is 589. The van der Waals surface area contributed by atoms with Gasteiger partial charge in [0.2, 0.25) is 0 Å². The molecule has 0 radical (unpaired) electrons. The van der Waals surface area contributed by atoms with Gasteiger partial charge in [0, 0.05) is 6.42 Å². The van der Waals surface area contributed by atoms with Crippen LogP contribution >= 0.6 is 0 Å². The molecular formula is C21H30O2. The first-order chi connectivity index (χ1) is 10.9. The molecule has 4 aliphatic carbocycles. The Hall–Kier alpha value is -0.920. The highest BCUT2D eigenvalue weighted by Crippen LogP contribution is 2.66. The summed E-state index contributed by atoms with van der Waals surface area (Å²) in [6.07, 6.45) is 11.8. The van der Waals surface area contributed by atoms with Crippen molar-refractivity contribution in [1.29, 1.82) is 0 Å². The number of fused-ring (bicyclic) bond motifs is 5. The molecule has 4 rings (SSSR count). The Morgan fingerprint density at radius 1 is 1.17 bits per heavy atom. The van der Waals surface area contributed by atoms with E-state index in [9.17, 15) is 9.59 Å². The fourth-order valence-electron chi connectivity index (χ4n) is 7.24. The molecule has 2 heteroatoms. The highest BCUT2D eigenvalue weighted by molar-refractivity contribution is 6.04. The molecule has 0 aromatic rings. The van der Waals surface area contributed by atoms with Crippen molar-refractivity contribution in [3.05, 3.63) is 11.6 Å². The zero-order valence-electron chi connectivity index (χ0n) is 14.9. The number of carbonyl (C=O) groups is 2. The van der Waals surface area contributed by atoms with Gasteiger partial charge in [-0.3, -0.25) is 9.59 Å². The predicted molar refractivity (Wildman–Crippen MR) is 90.9 cm³/mol. The van der Waals surface area contributed by atoms with Crippen molar-refractivity contribution in [2.75, 3.05) is 0 Å². The molecule has 0 unspecified atom stereocenters. The summed E-state index contributed by atoms with van der Waals surface area (Å²) < 4.78 is 0. The van der Waals surface area contributed by atoms with E-state index in [2.05, 4.69) is 19.9 Å². The van der Waals surface area contributed by atoms with Crippen LogP contribution < -0.4 is 0 Å². The van der Waals surface area contributed by atoms with Gasteiger partial charge in [-0.15, -0.1) is 0 Å². The number of ketones is 2. The van der Waals surface area contributed by atoms with Crippen LogP contribution in [0.25, 0.3) is 0 Å². The zero-order chi connectivity index (χ0) is 16.4. The molecule has 0 N–H and O–H groups in total. The molecule has 0 amide bonds. The average molecular weight is 314 g/mol. The van der Waals surface area contributed by atoms with Crippen LogP contribution in [0.3, 0.4) is 0 Å². The molecule has 0 bridgehead atoms. The van der Waals surface area contributed by atoms with Gasteiger partial charge in [0.1, 0.15) is 11.6 Å². The SMILES string of the molecule is CC(=O)[C@H]1C(=O)C[C@H]2[C@@H]3CCC4=CCCC[C@]4(C)[C@H]3CC[C@]12C. The number of Topliss-reactive ketones (excluding diaryl/α,β-unsaturated/α-hetero) is 2. The monoisotopic (exact) mass is 314 g/mol. The molecule has 0 spiro atoms. The smallest absolute Gasteiger partial charge is 0.144 e. The second kappa shape index (κ2) is 5.04. The van der Waals surface area contributed by atoms with Crippen molar-refractivity contribution in [3.63, 3.8) is 0 Å². The molecule has 0 saturated heterocycles. The van der Waals surface area contributed by atoms with Gasteiger partial charge < -0.3 is 0 Å². The number of hydrogen-bond donors (Lipinski definition) is 0. The first-order valence-corrected chi connectivity index (χ1v) is 9.60. The van der Waals surface area contributed by atoms with E-state index >= 15 is 0 Å². The van der Waals surface area contributed by atoms with E-state index < -0.39 is 0 Å². The van der Waals surface area contributed by atoms with Gasteiger partial charge in [0.15, 0.2) is 0 Å². The van der Waals surface area contributed by atoms with E-state index in [4.69, 9.17) is 0 Å². The van der Waals surface area contributed by atoms with Gasteiger partial charge in [-0.05, 0) is 80.5 Å². The Labute approximate surface area is 140 Å². The Kier molecular flexibility index (Phi) is 3.42. The molecule has 0 aromatic carbocycles. The third kappa shape index (κ3) is 1.99. The molecule has 0 aromatic heterocycles.